The molecular formula is C13H20N2OS2. The van der Waals surface area contributed by atoms with E-state index in [4.69, 9.17) is 18.0 Å². The lowest BCUT2D eigenvalue weighted by Gasteiger charge is -2.16. The number of thiophene rings is 1. The molecule has 0 fully saturated rings. The molecule has 0 spiro atoms. The number of nitrogens with one attached hydrogen (secondary N) is 1. The Morgan fingerprint density at radius 2 is 2.39 bits per heavy atom. The van der Waals surface area contributed by atoms with Gasteiger partial charge in [-0.05, 0) is 30.7 Å². The number of carbonyl (C=O) groups is 1. The van der Waals surface area contributed by atoms with E-state index in [1.165, 1.54) is 4.88 Å². The molecule has 3 N–H and O–H groups in total. The standard InChI is InChI=1S/C13H20N2OS2/c1-2-5-11(13(14)17)15-12(16)8-3-6-10-7-4-9-18-10/h4,7,9,11H,2-3,5-6,8H2,1H3,(H2,14,17)(H,15,16). The smallest absolute Gasteiger partial charge is 0.220 e. The number of nitrogens with two attached hydrogens (primary N) is 1. The van der Waals surface area contributed by atoms with Crippen LogP contribution in [0, 0.1) is 0 Å². The number of hydrogen-bond donors (Lipinski definition) is 2. The fourth-order valence-electron chi connectivity index (χ4n) is 1.72. The Morgan fingerprint density at radius 3 is 2.94 bits per heavy atom. The Morgan fingerprint density at radius 1 is 1.61 bits per heavy atom. The molecular weight excluding hydrogens is 264 g/mol. The highest BCUT2D eigenvalue weighted by Gasteiger charge is 2.13. The number of hydrogen-bond acceptors (Lipinski definition) is 3. The first-order valence-corrected chi connectivity index (χ1v) is 7.53. The van der Waals surface area contributed by atoms with Crippen LogP contribution in [0.4, 0.5) is 0 Å². The Bertz CT molecular complexity index is 376. The second-order valence-electron chi connectivity index (χ2n) is 4.24. The number of thiocarbonyl (C=S) groups is 1. The third-order valence-electron chi connectivity index (χ3n) is 2.66. The van der Waals surface area contributed by atoms with Crippen molar-refractivity contribution in [2.24, 2.45) is 5.73 Å². The lowest BCUT2D eigenvalue weighted by atomic mass is 10.1. The van der Waals surface area contributed by atoms with Crippen molar-refractivity contribution in [3.8, 4) is 0 Å². The van der Waals surface area contributed by atoms with E-state index >= 15 is 0 Å². The Kier molecular flexibility index (Phi) is 6.90. The number of carbonyl (C=O) groups excluding carboxylic acids is 1. The predicted octanol–water partition coefficient (Wildman–Crippen LogP) is 2.64. The molecule has 0 aliphatic heterocycles. The van der Waals surface area contributed by atoms with Crippen LogP contribution >= 0.6 is 23.6 Å². The van der Waals surface area contributed by atoms with Crippen LogP contribution in [0.1, 0.15) is 37.5 Å². The van der Waals surface area contributed by atoms with Gasteiger partial charge in [-0.1, -0.05) is 31.6 Å². The molecule has 1 aromatic rings. The molecule has 1 amide bonds. The van der Waals surface area contributed by atoms with Gasteiger partial charge in [-0.3, -0.25) is 4.79 Å². The number of amides is 1. The average molecular weight is 284 g/mol. The summed E-state index contributed by atoms with van der Waals surface area (Å²) in [5.41, 5.74) is 5.60. The summed E-state index contributed by atoms with van der Waals surface area (Å²) in [7, 11) is 0. The van der Waals surface area contributed by atoms with Crippen LogP contribution in [-0.2, 0) is 11.2 Å². The first-order valence-electron chi connectivity index (χ1n) is 6.24. The second kappa shape index (κ2) is 8.21. The maximum atomic E-state index is 11.7. The zero-order valence-electron chi connectivity index (χ0n) is 10.6. The first kappa shape index (κ1) is 15.1. The molecule has 1 rings (SSSR count). The summed E-state index contributed by atoms with van der Waals surface area (Å²) in [5, 5.41) is 4.95. The highest BCUT2D eigenvalue weighted by molar-refractivity contribution is 7.80. The molecule has 1 aromatic heterocycles. The summed E-state index contributed by atoms with van der Waals surface area (Å²) in [4.78, 5) is 13.4. The minimum atomic E-state index is -0.153. The SMILES string of the molecule is CCCC(NC(=O)CCCc1cccs1)C(N)=S. The molecule has 0 aliphatic carbocycles. The van der Waals surface area contributed by atoms with Gasteiger partial charge in [0.25, 0.3) is 0 Å². The van der Waals surface area contributed by atoms with Crippen LogP contribution in [0.2, 0.25) is 0 Å². The van der Waals surface area contributed by atoms with Crippen LogP contribution in [0.5, 0.6) is 0 Å². The van der Waals surface area contributed by atoms with Gasteiger partial charge in [-0.2, -0.15) is 0 Å². The fraction of sp³-hybridized carbons (Fsp3) is 0.538. The molecule has 1 heterocycles. The molecule has 0 aromatic carbocycles. The summed E-state index contributed by atoms with van der Waals surface area (Å²) in [6.07, 6.45) is 4.11. The van der Waals surface area contributed by atoms with E-state index in [1.54, 1.807) is 11.3 Å². The van der Waals surface area contributed by atoms with Crippen molar-refractivity contribution in [1.29, 1.82) is 0 Å². The van der Waals surface area contributed by atoms with Crippen LogP contribution in [0.25, 0.3) is 0 Å². The lowest BCUT2D eigenvalue weighted by Crippen LogP contribution is -2.43. The molecule has 3 nitrogen and oxygen atoms in total. The highest BCUT2D eigenvalue weighted by atomic mass is 32.1. The Labute approximate surface area is 118 Å². The van der Waals surface area contributed by atoms with E-state index in [0.29, 0.717) is 11.4 Å². The third-order valence-corrected chi connectivity index (χ3v) is 3.88. The van der Waals surface area contributed by atoms with Crippen molar-refractivity contribution in [2.45, 2.75) is 45.1 Å². The van der Waals surface area contributed by atoms with Crippen molar-refractivity contribution in [1.82, 2.24) is 5.32 Å². The number of aryl methyl sites for hydroxylation is 1. The maximum absolute atomic E-state index is 11.7. The van der Waals surface area contributed by atoms with E-state index in [0.717, 1.165) is 25.7 Å². The minimum absolute atomic E-state index is 0.0396. The van der Waals surface area contributed by atoms with Gasteiger partial charge in [0.15, 0.2) is 0 Å². The van der Waals surface area contributed by atoms with Crippen molar-refractivity contribution in [2.75, 3.05) is 0 Å². The van der Waals surface area contributed by atoms with Gasteiger partial charge in [0.2, 0.25) is 5.91 Å². The van der Waals surface area contributed by atoms with Gasteiger partial charge >= 0.3 is 0 Å². The molecule has 18 heavy (non-hydrogen) atoms. The monoisotopic (exact) mass is 284 g/mol. The predicted molar refractivity (Wildman–Crippen MR) is 80.9 cm³/mol. The highest BCUT2D eigenvalue weighted by Crippen LogP contribution is 2.11. The first-order chi connectivity index (χ1) is 8.63. The second-order valence-corrected chi connectivity index (χ2v) is 5.75. The van der Waals surface area contributed by atoms with Crippen molar-refractivity contribution < 1.29 is 4.79 Å². The van der Waals surface area contributed by atoms with Gasteiger partial charge < -0.3 is 11.1 Å². The topological polar surface area (TPSA) is 55.1 Å². The summed E-state index contributed by atoms with van der Waals surface area (Å²) < 4.78 is 0. The quantitative estimate of drug-likeness (QED) is 0.722. The van der Waals surface area contributed by atoms with Crippen molar-refractivity contribution in [3.63, 3.8) is 0 Å². The van der Waals surface area contributed by atoms with Crippen LogP contribution in [0.15, 0.2) is 17.5 Å². The average Bonchev–Trinajstić information content (AvgIpc) is 2.81. The zero-order chi connectivity index (χ0) is 13.4. The largest absolute Gasteiger partial charge is 0.392 e. The molecule has 0 saturated heterocycles. The van der Waals surface area contributed by atoms with E-state index in [2.05, 4.69) is 16.8 Å². The van der Waals surface area contributed by atoms with Gasteiger partial charge in [0.05, 0.1) is 11.0 Å². The summed E-state index contributed by atoms with van der Waals surface area (Å²) in [6, 6.07) is 3.97. The van der Waals surface area contributed by atoms with Crippen LogP contribution < -0.4 is 11.1 Å². The minimum Gasteiger partial charge on any atom is -0.392 e. The molecule has 0 radical (unpaired) electrons. The van der Waals surface area contributed by atoms with Gasteiger partial charge in [-0.15, -0.1) is 11.3 Å². The molecule has 5 heteroatoms. The van der Waals surface area contributed by atoms with Gasteiger partial charge in [0, 0.05) is 11.3 Å². The summed E-state index contributed by atoms with van der Waals surface area (Å²) in [5.74, 6) is 0.0396. The Balaban J connectivity index is 2.25. The summed E-state index contributed by atoms with van der Waals surface area (Å²) in [6.45, 7) is 2.05. The molecule has 0 saturated carbocycles. The molecule has 1 unspecified atom stereocenters. The van der Waals surface area contributed by atoms with E-state index < -0.39 is 0 Å². The van der Waals surface area contributed by atoms with E-state index in [9.17, 15) is 4.79 Å². The molecule has 100 valence electrons. The van der Waals surface area contributed by atoms with Crippen molar-refractivity contribution in [3.05, 3.63) is 22.4 Å². The van der Waals surface area contributed by atoms with Gasteiger partial charge in [0.1, 0.15) is 0 Å². The van der Waals surface area contributed by atoms with Gasteiger partial charge in [-0.25, -0.2) is 0 Å². The molecule has 0 aliphatic rings. The van der Waals surface area contributed by atoms with Crippen LogP contribution in [0.3, 0.4) is 0 Å². The zero-order valence-corrected chi connectivity index (χ0v) is 12.3. The van der Waals surface area contributed by atoms with E-state index in [1.807, 2.05) is 13.0 Å². The Hall–Kier alpha value is -0.940. The van der Waals surface area contributed by atoms with Crippen LogP contribution in [-0.4, -0.2) is 16.9 Å². The third kappa shape index (κ3) is 5.60. The number of rotatable bonds is 8. The fourth-order valence-corrected chi connectivity index (χ4v) is 2.65. The molecule has 1 atom stereocenters. The molecule has 0 bridgehead atoms. The lowest BCUT2D eigenvalue weighted by molar-refractivity contribution is -0.121. The van der Waals surface area contributed by atoms with E-state index in [-0.39, 0.29) is 11.9 Å². The normalized spacial score (nSPS) is 12.1. The maximum Gasteiger partial charge on any atom is 0.220 e. The van der Waals surface area contributed by atoms with Crippen molar-refractivity contribution >= 4 is 34.5 Å². The summed E-state index contributed by atoms with van der Waals surface area (Å²) >= 11 is 6.67.